The van der Waals surface area contributed by atoms with Crippen molar-refractivity contribution in [2.45, 2.75) is 0 Å². The van der Waals surface area contributed by atoms with Crippen molar-refractivity contribution in [2.75, 3.05) is 0 Å². The van der Waals surface area contributed by atoms with E-state index in [2.05, 4.69) is 133 Å². The Balaban J connectivity index is 1.68. The summed E-state index contributed by atoms with van der Waals surface area (Å²) in [5, 5.41) is 5.25. The van der Waals surface area contributed by atoms with Gasteiger partial charge in [0, 0.05) is 23.5 Å². The average molecular weight is 491 g/mol. The highest BCUT2D eigenvalue weighted by Gasteiger charge is 2.42. The summed E-state index contributed by atoms with van der Waals surface area (Å²) >= 11 is 0. The first-order valence-corrected chi connectivity index (χ1v) is 14.5. The largest absolute Gasteiger partial charge is 0.256 e. The van der Waals surface area contributed by atoms with Gasteiger partial charge >= 0.3 is 0 Å². The number of hydrogen-bond donors (Lipinski definition) is 0. The standard InChI is InChI=1S/C34H26N2Si/c1-5-13-27(14-6-1)33-25-31(21-23-35-33)37(29-17-9-3-10-18-29,30-19-11-4-12-20-30)32-22-24-36-34(26-32)28-15-7-2-8-16-28/h1-26H. The molecule has 2 aromatic heterocycles. The van der Waals surface area contributed by atoms with Gasteiger partial charge in [-0.3, -0.25) is 9.97 Å². The maximum absolute atomic E-state index is 4.78. The molecule has 0 atom stereocenters. The first-order chi connectivity index (χ1) is 18.4. The molecule has 4 aromatic carbocycles. The molecule has 0 fully saturated rings. The van der Waals surface area contributed by atoms with Crippen molar-refractivity contribution in [1.82, 2.24) is 9.97 Å². The minimum Gasteiger partial charge on any atom is -0.256 e. The van der Waals surface area contributed by atoms with Crippen LogP contribution >= 0.6 is 0 Å². The van der Waals surface area contributed by atoms with Crippen LogP contribution in [0.15, 0.2) is 158 Å². The zero-order chi connectivity index (χ0) is 24.9. The van der Waals surface area contributed by atoms with Crippen molar-refractivity contribution >= 4 is 28.8 Å². The molecular weight excluding hydrogens is 464 g/mol. The van der Waals surface area contributed by atoms with Crippen molar-refractivity contribution in [1.29, 1.82) is 0 Å². The molecule has 0 saturated heterocycles. The van der Waals surface area contributed by atoms with Crippen LogP contribution in [0.4, 0.5) is 0 Å². The highest BCUT2D eigenvalue weighted by molar-refractivity contribution is 7.19. The first-order valence-electron chi connectivity index (χ1n) is 12.5. The van der Waals surface area contributed by atoms with E-state index in [1.165, 1.54) is 20.7 Å². The van der Waals surface area contributed by atoms with E-state index in [-0.39, 0.29) is 0 Å². The van der Waals surface area contributed by atoms with Gasteiger partial charge in [0.15, 0.2) is 8.07 Å². The molecule has 6 aromatic rings. The Morgan fingerprint density at radius 1 is 0.351 bits per heavy atom. The quantitative estimate of drug-likeness (QED) is 0.300. The van der Waals surface area contributed by atoms with Gasteiger partial charge in [-0.05, 0) is 45.0 Å². The van der Waals surface area contributed by atoms with Gasteiger partial charge in [0.2, 0.25) is 0 Å². The number of hydrogen-bond acceptors (Lipinski definition) is 2. The van der Waals surface area contributed by atoms with Crippen LogP contribution in [0.3, 0.4) is 0 Å². The smallest absolute Gasteiger partial charge is 0.179 e. The molecule has 37 heavy (non-hydrogen) atoms. The van der Waals surface area contributed by atoms with Crippen LogP contribution in [0.1, 0.15) is 0 Å². The fourth-order valence-electron chi connectivity index (χ4n) is 5.24. The van der Waals surface area contributed by atoms with Gasteiger partial charge in [-0.2, -0.15) is 0 Å². The number of nitrogens with zero attached hydrogens (tertiary/aromatic N) is 2. The highest BCUT2D eigenvalue weighted by atomic mass is 28.3. The van der Waals surface area contributed by atoms with Crippen LogP contribution in [0.25, 0.3) is 22.5 Å². The second-order valence-electron chi connectivity index (χ2n) is 9.07. The second kappa shape index (κ2) is 10.2. The van der Waals surface area contributed by atoms with E-state index in [1.807, 2.05) is 24.5 Å². The number of rotatable bonds is 6. The Morgan fingerprint density at radius 2 is 0.703 bits per heavy atom. The zero-order valence-corrected chi connectivity index (χ0v) is 21.4. The molecule has 0 unspecified atom stereocenters. The lowest BCUT2D eigenvalue weighted by molar-refractivity contribution is 1.33. The third kappa shape index (κ3) is 4.30. The van der Waals surface area contributed by atoms with E-state index < -0.39 is 8.07 Å². The molecule has 0 radical (unpaired) electrons. The van der Waals surface area contributed by atoms with Gasteiger partial charge < -0.3 is 0 Å². The molecule has 0 aliphatic carbocycles. The number of aromatic nitrogens is 2. The van der Waals surface area contributed by atoms with E-state index in [9.17, 15) is 0 Å². The summed E-state index contributed by atoms with van der Waals surface area (Å²) in [6.45, 7) is 0. The molecule has 0 aliphatic rings. The molecule has 2 heterocycles. The van der Waals surface area contributed by atoms with E-state index in [0.29, 0.717) is 0 Å². The van der Waals surface area contributed by atoms with Crippen molar-refractivity contribution in [2.24, 2.45) is 0 Å². The number of benzene rings is 4. The fourth-order valence-corrected chi connectivity index (χ4v) is 9.98. The molecule has 0 bridgehead atoms. The van der Waals surface area contributed by atoms with Crippen LogP contribution in [-0.2, 0) is 0 Å². The summed E-state index contributed by atoms with van der Waals surface area (Å²) in [7, 11) is -2.71. The fraction of sp³-hybridized carbons (Fsp3) is 0. The van der Waals surface area contributed by atoms with Crippen molar-refractivity contribution in [3.8, 4) is 22.5 Å². The molecule has 3 heteroatoms. The monoisotopic (exact) mass is 490 g/mol. The van der Waals surface area contributed by atoms with Crippen LogP contribution in [-0.4, -0.2) is 18.0 Å². The molecule has 0 saturated carbocycles. The van der Waals surface area contributed by atoms with E-state index >= 15 is 0 Å². The summed E-state index contributed by atoms with van der Waals surface area (Å²) in [5.41, 5.74) is 4.21. The Kier molecular flexibility index (Phi) is 6.28. The second-order valence-corrected chi connectivity index (χ2v) is 12.9. The highest BCUT2D eigenvalue weighted by Crippen LogP contribution is 2.19. The predicted octanol–water partition coefficient (Wildman–Crippen LogP) is 5.19. The summed E-state index contributed by atoms with van der Waals surface area (Å²) in [6.07, 6.45) is 3.93. The van der Waals surface area contributed by atoms with Crippen molar-refractivity contribution < 1.29 is 0 Å². The lowest BCUT2D eigenvalue weighted by Crippen LogP contribution is -2.74. The lowest BCUT2D eigenvalue weighted by Gasteiger charge is -2.34. The Labute approximate surface area is 219 Å². The Hall–Kier alpha value is -4.60. The first kappa shape index (κ1) is 22.8. The minimum absolute atomic E-state index is 0.985. The van der Waals surface area contributed by atoms with Gasteiger partial charge in [0.25, 0.3) is 0 Å². The van der Waals surface area contributed by atoms with Gasteiger partial charge in [-0.25, -0.2) is 0 Å². The lowest BCUT2D eigenvalue weighted by atomic mass is 10.1. The Morgan fingerprint density at radius 3 is 1.08 bits per heavy atom. The van der Waals surface area contributed by atoms with Crippen molar-refractivity contribution in [3.63, 3.8) is 0 Å². The molecule has 2 nitrogen and oxygen atoms in total. The average Bonchev–Trinajstić information content (AvgIpc) is 3.00. The van der Waals surface area contributed by atoms with E-state index in [0.717, 1.165) is 22.5 Å². The molecule has 0 aliphatic heterocycles. The predicted molar refractivity (Wildman–Crippen MR) is 157 cm³/mol. The third-order valence-corrected chi connectivity index (χ3v) is 11.7. The van der Waals surface area contributed by atoms with E-state index in [4.69, 9.17) is 9.97 Å². The van der Waals surface area contributed by atoms with Crippen LogP contribution < -0.4 is 20.7 Å². The van der Waals surface area contributed by atoms with Gasteiger partial charge in [0.1, 0.15) is 0 Å². The normalized spacial score (nSPS) is 11.2. The molecule has 0 spiro atoms. The maximum atomic E-state index is 4.78. The number of pyridine rings is 2. The zero-order valence-electron chi connectivity index (χ0n) is 20.4. The third-order valence-electron chi connectivity index (χ3n) is 6.94. The minimum atomic E-state index is -2.71. The summed E-state index contributed by atoms with van der Waals surface area (Å²) < 4.78 is 0. The van der Waals surface area contributed by atoms with Crippen LogP contribution in [0, 0.1) is 0 Å². The molecular formula is C34H26N2Si. The SMILES string of the molecule is c1ccc(-c2cc([Si](c3ccccc3)(c3ccccc3)c3ccnc(-c4ccccc4)c3)ccn2)cc1. The summed E-state index contributed by atoms with van der Waals surface area (Å²) in [5.74, 6) is 0. The summed E-state index contributed by atoms with van der Waals surface area (Å²) in [4.78, 5) is 9.56. The van der Waals surface area contributed by atoms with Crippen LogP contribution in [0.5, 0.6) is 0 Å². The van der Waals surface area contributed by atoms with Gasteiger partial charge in [0.05, 0.1) is 11.4 Å². The van der Waals surface area contributed by atoms with E-state index in [1.54, 1.807) is 0 Å². The maximum Gasteiger partial charge on any atom is 0.179 e. The molecule has 0 N–H and O–H groups in total. The van der Waals surface area contributed by atoms with Gasteiger partial charge in [-0.15, -0.1) is 0 Å². The van der Waals surface area contributed by atoms with Gasteiger partial charge in [-0.1, -0.05) is 121 Å². The topological polar surface area (TPSA) is 25.8 Å². The molecule has 6 rings (SSSR count). The van der Waals surface area contributed by atoms with Crippen molar-refractivity contribution in [3.05, 3.63) is 158 Å². The summed E-state index contributed by atoms with van der Waals surface area (Å²) in [6, 6.07) is 51.8. The Bertz CT molecular complexity index is 1480. The molecule has 0 amide bonds. The van der Waals surface area contributed by atoms with Crippen LogP contribution in [0.2, 0.25) is 0 Å². The molecule has 176 valence electrons.